The molecule has 0 unspecified atom stereocenters. The minimum absolute atomic E-state index is 0.147. The third-order valence-electron chi connectivity index (χ3n) is 2.70. The Morgan fingerprint density at radius 2 is 1.84 bits per heavy atom. The zero-order valence-electron chi connectivity index (χ0n) is 11.2. The van der Waals surface area contributed by atoms with E-state index in [1.165, 1.54) is 12.1 Å². The van der Waals surface area contributed by atoms with E-state index in [0.29, 0.717) is 5.82 Å². The Balaban J connectivity index is 2.43. The monoisotopic (exact) mass is 373 g/mol. The van der Waals surface area contributed by atoms with Crippen LogP contribution < -0.4 is 5.73 Å². The number of halogens is 2. The number of rotatable bonds is 2. The molecule has 3 nitrogen and oxygen atoms in total. The first kappa shape index (κ1) is 14.3. The fraction of sp³-hybridized carbons (Fsp3) is 0.357. The molecule has 19 heavy (non-hydrogen) atoms. The van der Waals surface area contributed by atoms with Gasteiger partial charge in [-0.3, -0.25) is 0 Å². The lowest BCUT2D eigenvalue weighted by Gasteiger charge is -2.16. The molecular formula is C14H17FIN3. The standard InChI is InChI=1S/C14H17FIN3/c1-14(2,3)8-11-12(16)13(17)19(18-11)10-6-4-9(15)5-7-10/h4-7H,8,17H2,1-3H3. The normalized spacial score (nSPS) is 11.8. The molecule has 2 N–H and O–H groups in total. The van der Waals surface area contributed by atoms with Gasteiger partial charge < -0.3 is 5.73 Å². The molecule has 102 valence electrons. The van der Waals surface area contributed by atoms with Crippen molar-refractivity contribution < 1.29 is 4.39 Å². The minimum atomic E-state index is -0.265. The number of nitrogen functional groups attached to an aromatic ring is 1. The van der Waals surface area contributed by atoms with E-state index in [1.54, 1.807) is 16.8 Å². The van der Waals surface area contributed by atoms with Crippen molar-refractivity contribution in [2.45, 2.75) is 27.2 Å². The van der Waals surface area contributed by atoms with E-state index in [0.717, 1.165) is 21.4 Å². The van der Waals surface area contributed by atoms with Crippen LogP contribution in [0.25, 0.3) is 5.69 Å². The Morgan fingerprint density at radius 1 is 1.26 bits per heavy atom. The average Bonchev–Trinajstić information content (AvgIpc) is 2.57. The van der Waals surface area contributed by atoms with E-state index < -0.39 is 0 Å². The molecule has 5 heteroatoms. The average molecular weight is 373 g/mol. The molecule has 0 saturated heterocycles. The van der Waals surface area contributed by atoms with E-state index in [-0.39, 0.29) is 11.2 Å². The van der Waals surface area contributed by atoms with Crippen LogP contribution in [0.4, 0.5) is 10.2 Å². The first-order chi connectivity index (χ1) is 8.78. The molecule has 2 aromatic rings. The van der Waals surface area contributed by atoms with E-state index in [2.05, 4.69) is 48.5 Å². The van der Waals surface area contributed by atoms with E-state index in [1.807, 2.05) is 0 Å². The van der Waals surface area contributed by atoms with Gasteiger partial charge in [0.25, 0.3) is 0 Å². The fourth-order valence-electron chi connectivity index (χ4n) is 1.85. The summed E-state index contributed by atoms with van der Waals surface area (Å²) in [7, 11) is 0. The highest BCUT2D eigenvalue weighted by Gasteiger charge is 2.20. The maximum Gasteiger partial charge on any atom is 0.141 e. The quantitative estimate of drug-likeness (QED) is 0.815. The number of hydrogen-bond donors (Lipinski definition) is 1. The molecular weight excluding hydrogens is 356 g/mol. The van der Waals surface area contributed by atoms with E-state index in [9.17, 15) is 4.39 Å². The van der Waals surface area contributed by atoms with Gasteiger partial charge in [0.15, 0.2) is 0 Å². The molecule has 2 rings (SSSR count). The van der Waals surface area contributed by atoms with Crippen molar-refractivity contribution in [3.05, 3.63) is 39.3 Å². The molecule has 0 saturated carbocycles. The molecule has 0 aliphatic heterocycles. The van der Waals surface area contributed by atoms with Crippen molar-refractivity contribution in [3.63, 3.8) is 0 Å². The lowest BCUT2D eigenvalue weighted by atomic mass is 9.91. The molecule has 0 bridgehead atoms. The van der Waals surface area contributed by atoms with Crippen molar-refractivity contribution in [1.82, 2.24) is 9.78 Å². The van der Waals surface area contributed by atoms with E-state index in [4.69, 9.17) is 5.73 Å². The molecule has 0 amide bonds. The minimum Gasteiger partial charge on any atom is -0.383 e. The predicted octanol–water partition coefficient (Wildman–Crippen LogP) is 3.79. The molecule has 1 aromatic carbocycles. The van der Waals surface area contributed by atoms with Gasteiger partial charge in [0.2, 0.25) is 0 Å². The second-order valence-corrected chi connectivity index (χ2v) is 6.85. The highest BCUT2D eigenvalue weighted by atomic mass is 127. The molecule has 0 aliphatic rings. The maximum absolute atomic E-state index is 12.9. The van der Waals surface area contributed by atoms with Crippen LogP contribution in [0.1, 0.15) is 26.5 Å². The van der Waals surface area contributed by atoms with Crippen LogP contribution in [0.3, 0.4) is 0 Å². The summed E-state index contributed by atoms with van der Waals surface area (Å²) < 4.78 is 15.6. The highest BCUT2D eigenvalue weighted by Crippen LogP contribution is 2.28. The number of nitrogens with two attached hydrogens (primary N) is 1. The number of benzene rings is 1. The van der Waals surface area contributed by atoms with Gasteiger partial charge in [-0.2, -0.15) is 5.10 Å². The molecule has 0 spiro atoms. The predicted molar refractivity (Wildman–Crippen MR) is 83.8 cm³/mol. The molecule has 0 fully saturated rings. The van der Waals surface area contributed by atoms with Crippen LogP contribution in [0.15, 0.2) is 24.3 Å². The Hall–Kier alpha value is -1.11. The first-order valence-electron chi connectivity index (χ1n) is 6.07. The van der Waals surface area contributed by atoms with Crippen molar-refractivity contribution in [2.75, 3.05) is 5.73 Å². The van der Waals surface area contributed by atoms with Crippen molar-refractivity contribution in [3.8, 4) is 5.69 Å². The summed E-state index contributed by atoms with van der Waals surface area (Å²) in [4.78, 5) is 0. The zero-order chi connectivity index (χ0) is 14.2. The summed E-state index contributed by atoms with van der Waals surface area (Å²) in [5.41, 5.74) is 8.00. The van der Waals surface area contributed by atoms with E-state index >= 15 is 0 Å². The smallest absolute Gasteiger partial charge is 0.141 e. The second kappa shape index (κ2) is 5.11. The lowest BCUT2D eigenvalue weighted by Crippen LogP contribution is -2.10. The van der Waals surface area contributed by atoms with Crippen molar-refractivity contribution >= 4 is 28.4 Å². The van der Waals surface area contributed by atoms with Gasteiger partial charge in [-0.15, -0.1) is 0 Å². The Kier molecular flexibility index (Phi) is 3.85. The molecule has 0 radical (unpaired) electrons. The van der Waals surface area contributed by atoms with Gasteiger partial charge >= 0.3 is 0 Å². The zero-order valence-corrected chi connectivity index (χ0v) is 13.4. The molecule has 0 atom stereocenters. The summed E-state index contributed by atoms with van der Waals surface area (Å²) >= 11 is 2.22. The number of aromatic nitrogens is 2. The second-order valence-electron chi connectivity index (χ2n) is 5.77. The Bertz CT molecular complexity index is 582. The Morgan fingerprint density at radius 3 is 2.37 bits per heavy atom. The van der Waals surface area contributed by atoms with Crippen LogP contribution in [0.2, 0.25) is 0 Å². The van der Waals surface area contributed by atoms with Crippen LogP contribution in [0, 0.1) is 14.8 Å². The number of hydrogen-bond acceptors (Lipinski definition) is 2. The van der Waals surface area contributed by atoms with Crippen LogP contribution >= 0.6 is 22.6 Å². The first-order valence-corrected chi connectivity index (χ1v) is 7.14. The Labute approximate surface area is 126 Å². The topological polar surface area (TPSA) is 43.8 Å². The lowest BCUT2D eigenvalue weighted by molar-refractivity contribution is 0.404. The third kappa shape index (κ3) is 3.26. The number of anilines is 1. The fourth-order valence-corrected chi connectivity index (χ4v) is 2.38. The van der Waals surface area contributed by atoms with Gasteiger partial charge in [0, 0.05) is 0 Å². The van der Waals surface area contributed by atoms with Gasteiger partial charge in [0.1, 0.15) is 11.6 Å². The van der Waals surface area contributed by atoms with Crippen molar-refractivity contribution in [2.24, 2.45) is 5.41 Å². The summed E-state index contributed by atoms with van der Waals surface area (Å²) in [5, 5.41) is 4.56. The van der Waals surface area contributed by atoms with Gasteiger partial charge in [0.05, 0.1) is 15.0 Å². The maximum atomic E-state index is 12.9. The summed E-state index contributed by atoms with van der Waals surface area (Å²) in [5.74, 6) is 0.338. The van der Waals surface area contributed by atoms with Crippen LogP contribution in [-0.2, 0) is 6.42 Å². The van der Waals surface area contributed by atoms with Gasteiger partial charge in [-0.1, -0.05) is 20.8 Å². The molecule has 0 aliphatic carbocycles. The SMILES string of the molecule is CC(C)(C)Cc1nn(-c2ccc(F)cc2)c(N)c1I. The third-order valence-corrected chi connectivity index (χ3v) is 3.87. The summed E-state index contributed by atoms with van der Waals surface area (Å²) in [6.45, 7) is 6.49. The van der Waals surface area contributed by atoms with Crippen LogP contribution in [0.5, 0.6) is 0 Å². The number of nitrogens with zero attached hydrogens (tertiary/aromatic N) is 2. The summed E-state index contributed by atoms with van der Waals surface area (Å²) in [6.07, 6.45) is 0.851. The largest absolute Gasteiger partial charge is 0.383 e. The van der Waals surface area contributed by atoms with Gasteiger partial charge in [-0.25, -0.2) is 9.07 Å². The van der Waals surface area contributed by atoms with Crippen molar-refractivity contribution in [1.29, 1.82) is 0 Å². The highest BCUT2D eigenvalue weighted by molar-refractivity contribution is 14.1. The van der Waals surface area contributed by atoms with Crippen LogP contribution in [-0.4, -0.2) is 9.78 Å². The summed E-state index contributed by atoms with van der Waals surface area (Å²) in [6, 6.07) is 6.17. The molecule has 1 aromatic heterocycles. The molecule has 1 heterocycles. The van der Waals surface area contributed by atoms with Gasteiger partial charge in [-0.05, 0) is 58.7 Å².